The number of hydrogen-bond donors (Lipinski definition) is 1. The highest BCUT2D eigenvalue weighted by molar-refractivity contribution is 5.19. The Morgan fingerprint density at radius 2 is 2.00 bits per heavy atom. The quantitative estimate of drug-likeness (QED) is 0.901. The Labute approximate surface area is 114 Å². The Bertz CT molecular complexity index is 398. The van der Waals surface area contributed by atoms with Crippen LogP contribution in [0.3, 0.4) is 0 Å². The van der Waals surface area contributed by atoms with Crippen molar-refractivity contribution in [1.29, 1.82) is 0 Å². The highest BCUT2D eigenvalue weighted by atomic mass is 16.5. The molecule has 0 spiro atoms. The van der Waals surface area contributed by atoms with E-state index < -0.39 is 6.10 Å². The molecular formula is C15H22N2O2. The van der Waals surface area contributed by atoms with Gasteiger partial charge in [-0.2, -0.15) is 0 Å². The molecule has 4 nitrogen and oxygen atoms in total. The van der Waals surface area contributed by atoms with Gasteiger partial charge in [0.1, 0.15) is 0 Å². The van der Waals surface area contributed by atoms with Crippen molar-refractivity contribution >= 4 is 0 Å². The molecule has 1 unspecified atom stereocenters. The van der Waals surface area contributed by atoms with Gasteiger partial charge in [-0.05, 0) is 18.9 Å². The summed E-state index contributed by atoms with van der Waals surface area (Å²) in [4.78, 5) is 6.60. The molecule has 0 bridgehead atoms. The lowest BCUT2D eigenvalue weighted by atomic mass is 9.84. The van der Waals surface area contributed by atoms with E-state index in [-0.39, 0.29) is 5.54 Å². The highest BCUT2D eigenvalue weighted by Gasteiger charge is 2.46. The third kappa shape index (κ3) is 2.40. The molecule has 1 aromatic rings. The summed E-state index contributed by atoms with van der Waals surface area (Å²) < 4.78 is 5.45. The molecule has 104 valence electrons. The predicted molar refractivity (Wildman–Crippen MR) is 72.8 cm³/mol. The molecule has 0 aromatic carbocycles. The Kier molecular flexibility index (Phi) is 3.82. The van der Waals surface area contributed by atoms with Gasteiger partial charge in [-0.25, -0.2) is 0 Å². The van der Waals surface area contributed by atoms with Crippen molar-refractivity contribution in [3.8, 4) is 0 Å². The first-order chi connectivity index (χ1) is 9.33. The van der Waals surface area contributed by atoms with Crippen LogP contribution in [0.2, 0.25) is 0 Å². The van der Waals surface area contributed by atoms with E-state index in [1.165, 1.54) is 12.8 Å². The van der Waals surface area contributed by atoms with Crippen LogP contribution in [0, 0.1) is 0 Å². The Balaban J connectivity index is 1.87. The minimum Gasteiger partial charge on any atom is -0.386 e. The summed E-state index contributed by atoms with van der Waals surface area (Å²) in [6.07, 6.45) is 7.66. The lowest BCUT2D eigenvalue weighted by Crippen LogP contribution is -2.55. The highest BCUT2D eigenvalue weighted by Crippen LogP contribution is 2.44. The second-order valence-corrected chi connectivity index (χ2v) is 5.60. The first kappa shape index (κ1) is 13.0. The van der Waals surface area contributed by atoms with Crippen LogP contribution in [0.4, 0.5) is 0 Å². The van der Waals surface area contributed by atoms with E-state index >= 15 is 0 Å². The van der Waals surface area contributed by atoms with Crippen molar-refractivity contribution in [1.82, 2.24) is 9.88 Å². The Morgan fingerprint density at radius 1 is 1.26 bits per heavy atom. The molecule has 2 fully saturated rings. The number of rotatable bonds is 3. The molecule has 0 radical (unpaired) electrons. The number of morpholine rings is 1. The van der Waals surface area contributed by atoms with Crippen molar-refractivity contribution in [2.45, 2.75) is 37.3 Å². The predicted octanol–water partition coefficient (Wildman–Crippen LogP) is 1.76. The molecule has 1 saturated carbocycles. The van der Waals surface area contributed by atoms with Crippen molar-refractivity contribution in [2.24, 2.45) is 0 Å². The maximum Gasteiger partial charge on any atom is 0.0988 e. The largest absolute Gasteiger partial charge is 0.386 e. The summed E-state index contributed by atoms with van der Waals surface area (Å²) >= 11 is 0. The maximum absolute atomic E-state index is 10.9. The van der Waals surface area contributed by atoms with Crippen molar-refractivity contribution < 1.29 is 9.84 Å². The van der Waals surface area contributed by atoms with Crippen molar-refractivity contribution in [3.63, 3.8) is 0 Å². The molecule has 1 aliphatic carbocycles. The number of pyridine rings is 1. The molecule has 1 aromatic heterocycles. The summed E-state index contributed by atoms with van der Waals surface area (Å²) in [5.74, 6) is 0. The normalized spacial score (nSPS) is 25.3. The standard InChI is InChI=1S/C15H22N2O2/c18-14(13-4-3-7-16-12-13)15(5-1-2-6-15)17-8-10-19-11-9-17/h3-4,7,12,14,18H,1-2,5-6,8-11H2. The summed E-state index contributed by atoms with van der Waals surface area (Å²) in [7, 11) is 0. The van der Waals surface area contributed by atoms with E-state index in [1.807, 2.05) is 12.1 Å². The summed E-state index contributed by atoms with van der Waals surface area (Å²) in [5.41, 5.74) is 0.836. The van der Waals surface area contributed by atoms with Gasteiger partial charge >= 0.3 is 0 Å². The van der Waals surface area contributed by atoms with Crippen LogP contribution < -0.4 is 0 Å². The molecule has 2 heterocycles. The Morgan fingerprint density at radius 3 is 2.63 bits per heavy atom. The smallest absolute Gasteiger partial charge is 0.0988 e. The van der Waals surface area contributed by atoms with Gasteiger partial charge < -0.3 is 9.84 Å². The fraction of sp³-hybridized carbons (Fsp3) is 0.667. The minimum atomic E-state index is -0.443. The van der Waals surface area contributed by atoms with Crippen LogP contribution in [0.1, 0.15) is 37.4 Å². The fourth-order valence-electron chi connectivity index (χ4n) is 3.61. The van der Waals surface area contributed by atoms with E-state index in [0.29, 0.717) is 0 Å². The van der Waals surface area contributed by atoms with Crippen LogP contribution in [0.15, 0.2) is 24.5 Å². The van der Waals surface area contributed by atoms with Gasteiger partial charge in [0.05, 0.1) is 24.9 Å². The molecule has 19 heavy (non-hydrogen) atoms. The van der Waals surface area contributed by atoms with E-state index in [2.05, 4.69) is 9.88 Å². The third-order valence-corrected chi connectivity index (χ3v) is 4.62. The zero-order valence-corrected chi connectivity index (χ0v) is 11.3. The lowest BCUT2D eigenvalue weighted by molar-refractivity contribution is -0.0775. The van der Waals surface area contributed by atoms with Crippen LogP contribution in [-0.2, 0) is 4.74 Å². The lowest BCUT2D eigenvalue weighted by Gasteiger charge is -2.46. The molecule has 4 heteroatoms. The fourth-order valence-corrected chi connectivity index (χ4v) is 3.61. The monoisotopic (exact) mass is 262 g/mol. The number of aliphatic hydroxyl groups is 1. The van der Waals surface area contributed by atoms with Gasteiger partial charge in [0.2, 0.25) is 0 Å². The van der Waals surface area contributed by atoms with Crippen molar-refractivity contribution in [2.75, 3.05) is 26.3 Å². The second kappa shape index (κ2) is 5.57. The molecule has 1 saturated heterocycles. The molecule has 1 atom stereocenters. The topological polar surface area (TPSA) is 45.6 Å². The van der Waals surface area contributed by atoms with Crippen LogP contribution >= 0.6 is 0 Å². The first-order valence-corrected chi connectivity index (χ1v) is 7.24. The number of hydrogen-bond acceptors (Lipinski definition) is 4. The zero-order valence-electron chi connectivity index (χ0n) is 11.3. The molecule has 0 amide bonds. The molecular weight excluding hydrogens is 240 g/mol. The summed E-state index contributed by atoms with van der Waals surface area (Å²) in [5, 5.41) is 10.9. The summed E-state index contributed by atoms with van der Waals surface area (Å²) in [6, 6.07) is 3.89. The van der Waals surface area contributed by atoms with Gasteiger partial charge in [0.15, 0.2) is 0 Å². The maximum atomic E-state index is 10.9. The van der Waals surface area contributed by atoms with E-state index in [9.17, 15) is 5.11 Å². The van der Waals surface area contributed by atoms with Gasteiger partial charge in [-0.3, -0.25) is 9.88 Å². The van der Waals surface area contributed by atoms with Gasteiger partial charge in [0.25, 0.3) is 0 Å². The Hall–Kier alpha value is -0.970. The van der Waals surface area contributed by atoms with E-state index in [4.69, 9.17) is 4.74 Å². The minimum absolute atomic E-state index is 0.104. The average Bonchev–Trinajstić information content (AvgIpc) is 2.99. The number of aliphatic hydroxyl groups excluding tert-OH is 1. The SMILES string of the molecule is OC(c1cccnc1)C1(N2CCOCC2)CCCC1. The van der Waals surface area contributed by atoms with Crippen LogP contribution in [0.25, 0.3) is 0 Å². The first-order valence-electron chi connectivity index (χ1n) is 7.24. The number of nitrogens with zero attached hydrogens (tertiary/aromatic N) is 2. The molecule has 1 aliphatic heterocycles. The second-order valence-electron chi connectivity index (χ2n) is 5.60. The zero-order chi connectivity index (χ0) is 13.1. The number of ether oxygens (including phenoxy) is 1. The number of aromatic nitrogens is 1. The summed E-state index contributed by atoms with van der Waals surface area (Å²) in [6.45, 7) is 3.41. The van der Waals surface area contributed by atoms with Gasteiger partial charge in [-0.1, -0.05) is 18.9 Å². The van der Waals surface area contributed by atoms with Gasteiger partial charge in [0, 0.05) is 31.0 Å². The van der Waals surface area contributed by atoms with Gasteiger partial charge in [-0.15, -0.1) is 0 Å². The molecule has 1 N–H and O–H groups in total. The third-order valence-electron chi connectivity index (χ3n) is 4.62. The molecule has 2 aliphatic rings. The van der Waals surface area contributed by atoms with Crippen molar-refractivity contribution in [3.05, 3.63) is 30.1 Å². The molecule has 3 rings (SSSR count). The van der Waals surface area contributed by atoms with Crippen LogP contribution in [-0.4, -0.2) is 46.8 Å². The van der Waals surface area contributed by atoms with E-state index in [0.717, 1.165) is 44.7 Å². The average molecular weight is 262 g/mol. The van der Waals surface area contributed by atoms with Crippen LogP contribution in [0.5, 0.6) is 0 Å². The van der Waals surface area contributed by atoms with E-state index in [1.54, 1.807) is 12.4 Å².